The summed E-state index contributed by atoms with van der Waals surface area (Å²) in [6.07, 6.45) is -0.148. The van der Waals surface area contributed by atoms with Gasteiger partial charge in [0.05, 0.1) is 40.2 Å². The van der Waals surface area contributed by atoms with Crippen LogP contribution in [0.15, 0.2) is 40.8 Å². The maximum Gasteiger partial charge on any atom is 0.305 e. The Morgan fingerprint density at radius 2 is 1.96 bits per heavy atom. The summed E-state index contributed by atoms with van der Waals surface area (Å²) in [7, 11) is 5.82. The molecule has 0 aliphatic carbocycles. The molecule has 1 heterocycles. The zero-order chi connectivity index (χ0) is 20.0. The highest BCUT2D eigenvalue weighted by Gasteiger charge is 2.24. The van der Waals surface area contributed by atoms with Gasteiger partial charge in [0.15, 0.2) is 5.76 Å². The number of benzene rings is 1. The van der Waals surface area contributed by atoms with Crippen molar-refractivity contribution in [2.75, 3.05) is 27.7 Å². The van der Waals surface area contributed by atoms with Crippen LogP contribution < -0.4 is 10.1 Å². The fourth-order valence-electron chi connectivity index (χ4n) is 2.73. The highest BCUT2D eigenvalue weighted by Crippen LogP contribution is 2.16. The zero-order valence-corrected chi connectivity index (χ0v) is 16.2. The summed E-state index contributed by atoms with van der Waals surface area (Å²) in [6, 6.07) is 10.4. The van der Waals surface area contributed by atoms with Gasteiger partial charge in [0.2, 0.25) is 0 Å². The van der Waals surface area contributed by atoms with Crippen LogP contribution in [0, 0.1) is 6.92 Å². The van der Waals surface area contributed by atoms with Crippen molar-refractivity contribution < 1.29 is 28.3 Å². The van der Waals surface area contributed by atoms with Gasteiger partial charge in [-0.15, -0.1) is 0 Å². The van der Waals surface area contributed by atoms with Crippen molar-refractivity contribution in [3.63, 3.8) is 0 Å². The molecule has 2 rings (SSSR count). The molecule has 1 aromatic heterocycles. The highest BCUT2D eigenvalue weighted by molar-refractivity contribution is 5.92. The van der Waals surface area contributed by atoms with Crippen molar-refractivity contribution >= 4 is 11.9 Å². The van der Waals surface area contributed by atoms with Gasteiger partial charge in [0.1, 0.15) is 18.1 Å². The van der Waals surface area contributed by atoms with Gasteiger partial charge in [-0.3, -0.25) is 9.59 Å². The Labute approximate surface area is 159 Å². The summed E-state index contributed by atoms with van der Waals surface area (Å²) in [5.74, 6) is -0.0171. The van der Waals surface area contributed by atoms with Crippen molar-refractivity contribution in [2.24, 2.45) is 0 Å². The Morgan fingerprint density at radius 1 is 1.22 bits per heavy atom. The van der Waals surface area contributed by atoms with Crippen LogP contribution in [0.2, 0.25) is 0 Å². The third-order valence-corrected chi connectivity index (χ3v) is 3.78. The molecular formula is C20H27N2O5+. The number of carboxylic acid groups (broad SMARTS) is 1. The molecule has 1 unspecified atom stereocenters. The molecule has 1 atom stereocenters. The molecule has 146 valence electrons. The second-order valence-corrected chi connectivity index (χ2v) is 7.61. The van der Waals surface area contributed by atoms with Gasteiger partial charge in [-0.2, -0.15) is 0 Å². The largest absolute Gasteiger partial charge is 0.486 e. The van der Waals surface area contributed by atoms with Crippen molar-refractivity contribution in [2.45, 2.75) is 26.0 Å². The topological polar surface area (TPSA) is 88.8 Å². The molecule has 1 amide bonds. The summed E-state index contributed by atoms with van der Waals surface area (Å²) < 4.78 is 11.7. The number of aryl methyl sites for hydroxylation is 1. The Morgan fingerprint density at radius 3 is 2.59 bits per heavy atom. The van der Waals surface area contributed by atoms with E-state index in [2.05, 4.69) is 5.32 Å². The van der Waals surface area contributed by atoms with E-state index in [4.69, 9.17) is 14.3 Å². The van der Waals surface area contributed by atoms with Crippen LogP contribution in [-0.2, 0) is 11.4 Å². The van der Waals surface area contributed by atoms with Crippen molar-refractivity contribution in [1.82, 2.24) is 5.32 Å². The van der Waals surface area contributed by atoms with Gasteiger partial charge in [-0.1, -0.05) is 12.1 Å². The molecule has 2 aromatic rings. The monoisotopic (exact) mass is 375 g/mol. The predicted molar refractivity (Wildman–Crippen MR) is 101 cm³/mol. The van der Waals surface area contributed by atoms with Crippen LogP contribution in [0.1, 0.15) is 28.3 Å². The second kappa shape index (κ2) is 8.73. The lowest BCUT2D eigenvalue weighted by Gasteiger charge is -2.28. The molecular weight excluding hydrogens is 348 g/mol. The summed E-state index contributed by atoms with van der Waals surface area (Å²) >= 11 is 0. The van der Waals surface area contributed by atoms with Crippen molar-refractivity contribution in [3.8, 4) is 5.75 Å². The summed E-state index contributed by atoms with van der Waals surface area (Å²) in [6.45, 7) is 2.67. The fourth-order valence-corrected chi connectivity index (χ4v) is 2.73. The van der Waals surface area contributed by atoms with E-state index in [0.29, 0.717) is 16.8 Å². The number of furan rings is 1. The maximum absolute atomic E-state index is 12.4. The van der Waals surface area contributed by atoms with E-state index < -0.39 is 17.9 Å². The first kappa shape index (κ1) is 20.5. The average Bonchev–Trinajstić information content (AvgIpc) is 2.99. The highest BCUT2D eigenvalue weighted by atomic mass is 16.5. The number of carboxylic acids is 1. The Bertz CT molecular complexity index is 792. The summed E-state index contributed by atoms with van der Waals surface area (Å²) in [4.78, 5) is 23.5. The lowest BCUT2D eigenvalue weighted by atomic mass is 10.2. The van der Waals surface area contributed by atoms with Crippen LogP contribution in [-0.4, -0.2) is 55.2 Å². The van der Waals surface area contributed by atoms with Crippen LogP contribution in [0.25, 0.3) is 0 Å². The molecule has 27 heavy (non-hydrogen) atoms. The number of hydrogen-bond donors (Lipinski definition) is 2. The molecule has 0 fully saturated rings. The molecule has 0 spiro atoms. The number of likely N-dealkylation sites (N-methyl/N-ethyl adjacent to an activating group) is 1. The third-order valence-electron chi connectivity index (χ3n) is 3.78. The molecule has 0 saturated carbocycles. The zero-order valence-electron chi connectivity index (χ0n) is 16.2. The first-order chi connectivity index (χ1) is 12.6. The lowest BCUT2D eigenvalue weighted by molar-refractivity contribution is -0.871. The van der Waals surface area contributed by atoms with Crippen LogP contribution in [0.3, 0.4) is 0 Å². The first-order valence-corrected chi connectivity index (χ1v) is 8.74. The van der Waals surface area contributed by atoms with Gasteiger partial charge in [-0.25, -0.2) is 0 Å². The number of aliphatic carboxylic acids is 1. The van der Waals surface area contributed by atoms with Gasteiger partial charge in [0, 0.05) is 0 Å². The van der Waals surface area contributed by atoms with Crippen molar-refractivity contribution in [3.05, 3.63) is 53.5 Å². The molecule has 0 saturated heterocycles. The number of amides is 1. The van der Waals surface area contributed by atoms with Gasteiger partial charge in [0.25, 0.3) is 5.91 Å². The average molecular weight is 375 g/mol. The smallest absolute Gasteiger partial charge is 0.305 e. The third kappa shape index (κ3) is 7.15. The molecule has 0 aliphatic rings. The molecule has 0 radical (unpaired) electrons. The number of carbonyl (C=O) groups excluding carboxylic acids is 1. The minimum absolute atomic E-state index is 0.134. The fraction of sp³-hybridized carbons (Fsp3) is 0.400. The minimum Gasteiger partial charge on any atom is -0.486 e. The van der Waals surface area contributed by atoms with E-state index >= 15 is 0 Å². The summed E-state index contributed by atoms with van der Waals surface area (Å²) in [5, 5.41) is 11.8. The van der Waals surface area contributed by atoms with Gasteiger partial charge < -0.3 is 24.1 Å². The van der Waals surface area contributed by atoms with E-state index in [1.54, 1.807) is 12.1 Å². The molecule has 0 bridgehead atoms. The van der Waals surface area contributed by atoms with E-state index in [0.717, 1.165) is 11.3 Å². The van der Waals surface area contributed by atoms with Crippen LogP contribution in [0.5, 0.6) is 5.75 Å². The Kier molecular flexibility index (Phi) is 6.63. The number of quaternary nitrogens is 1. The van der Waals surface area contributed by atoms with E-state index in [1.807, 2.05) is 52.3 Å². The standard InChI is InChI=1S/C20H26N2O5/c1-14-6-5-7-16(10-14)26-13-17-8-9-18(27-17)20(25)21-15(11-19(23)24)12-22(2,3)4/h5-10,15H,11-13H2,1-4H3,(H-,21,23,24,25)/p+1. The van der Waals surface area contributed by atoms with Crippen molar-refractivity contribution in [1.29, 1.82) is 0 Å². The first-order valence-electron chi connectivity index (χ1n) is 8.74. The molecule has 7 nitrogen and oxygen atoms in total. The van der Waals surface area contributed by atoms with Crippen LogP contribution >= 0.6 is 0 Å². The Hall–Kier alpha value is -2.80. The lowest BCUT2D eigenvalue weighted by Crippen LogP contribution is -2.49. The molecule has 1 aromatic carbocycles. The number of rotatable bonds is 9. The number of nitrogens with one attached hydrogen (secondary N) is 1. The van der Waals surface area contributed by atoms with Gasteiger partial charge >= 0.3 is 5.97 Å². The van der Waals surface area contributed by atoms with Gasteiger partial charge in [-0.05, 0) is 36.8 Å². The number of ether oxygens (including phenoxy) is 1. The molecule has 7 heteroatoms. The quantitative estimate of drug-likeness (QED) is 0.657. The SMILES string of the molecule is Cc1cccc(OCc2ccc(C(=O)NC(CC(=O)O)C[N+](C)(C)C)o2)c1. The maximum atomic E-state index is 12.4. The van der Waals surface area contributed by atoms with E-state index in [1.165, 1.54) is 0 Å². The van der Waals surface area contributed by atoms with E-state index in [-0.39, 0.29) is 18.8 Å². The van der Waals surface area contributed by atoms with Crippen LogP contribution in [0.4, 0.5) is 0 Å². The second-order valence-electron chi connectivity index (χ2n) is 7.61. The number of carbonyl (C=O) groups is 2. The molecule has 0 aliphatic heterocycles. The summed E-state index contributed by atoms with van der Waals surface area (Å²) in [5.41, 5.74) is 1.09. The molecule has 2 N–H and O–H groups in total. The van der Waals surface area contributed by atoms with E-state index in [9.17, 15) is 9.59 Å². The minimum atomic E-state index is -0.958. The number of nitrogens with zero attached hydrogens (tertiary/aromatic N) is 1. The predicted octanol–water partition coefficient (Wildman–Crippen LogP) is 2.45. The normalized spacial score (nSPS) is 12.4. The number of hydrogen-bond acceptors (Lipinski definition) is 4. The Balaban J connectivity index is 1.96.